The van der Waals surface area contributed by atoms with Gasteiger partial charge in [-0.3, -0.25) is 14.5 Å². The zero-order chi connectivity index (χ0) is 19.5. The van der Waals surface area contributed by atoms with Crippen LogP contribution >= 0.6 is 11.3 Å². The first-order valence-electron chi connectivity index (χ1n) is 10.3. The number of aromatic nitrogens is 2. The largest absolute Gasteiger partial charge is 0.338 e. The number of amides is 1. The molecule has 0 unspecified atom stereocenters. The molecular weight excluding hydrogens is 372 g/mol. The first-order valence-corrected chi connectivity index (χ1v) is 11.2. The van der Waals surface area contributed by atoms with Crippen LogP contribution in [0.25, 0.3) is 0 Å². The highest BCUT2D eigenvalue weighted by atomic mass is 32.1. The number of hydrogen-bond acceptors (Lipinski definition) is 5. The third-order valence-corrected chi connectivity index (χ3v) is 6.62. The molecule has 0 spiro atoms. The summed E-state index contributed by atoms with van der Waals surface area (Å²) in [5, 5.41) is 2.12. The third-order valence-electron chi connectivity index (χ3n) is 5.76. The lowest BCUT2D eigenvalue weighted by Crippen LogP contribution is -2.40. The van der Waals surface area contributed by atoms with E-state index in [0.29, 0.717) is 31.5 Å². The van der Waals surface area contributed by atoms with Gasteiger partial charge in [-0.25, -0.2) is 4.98 Å². The molecule has 2 aromatic rings. The highest BCUT2D eigenvalue weighted by molar-refractivity contribution is 7.09. The number of carbonyl (C=O) groups excluding carboxylic acids is 1. The SMILES string of the molecule is CCCC(=O)N1CCc2nc([C@H]3CCCN(Cc4cccs4)C3)[nH]c(=O)c2C1. The molecule has 1 saturated heterocycles. The molecule has 0 aromatic carbocycles. The van der Waals surface area contributed by atoms with E-state index in [2.05, 4.69) is 27.4 Å². The Hall–Kier alpha value is -1.99. The Morgan fingerprint density at radius 3 is 3.07 bits per heavy atom. The summed E-state index contributed by atoms with van der Waals surface area (Å²) < 4.78 is 0. The summed E-state index contributed by atoms with van der Waals surface area (Å²) in [6.07, 6.45) is 4.23. The van der Waals surface area contributed by atoms with Crippen molar-refractivity contribution in [2.45, 2.75) is 58.0 Å². The van der Waals surface area contributed by atoms with Crippen LogP contribution in [0, 0.1) is 0 Å². The summed E-state index contributed by atoms with van der Waals surface area (Å²) in [6, 6.07) is 4.28. The smallest absolute Gasteiger partial charge is 0.256 e. The van der Waals surface area contributed by atoms with Gasteiger partial charge in [-0.15, -0.1) is 11.3 Å². The number of carbonyl (C=O) groups is 1. The van der Waals surface area contributed by atoms with Crippen LogP contribution in [0.1, 0.15) is 60.5 Å². The van der Waals surface area contributed by atoms with Crippen LogP contribution in [0.3, 0.4) is 0 Å². The zero-order valence-electron chi connectivity index (χ0n) is 16.4. The fourth-order valence-electron chi connectivity index (χ4n) is 4.27. The van der Waals surface area contributed by atoms with Crippen molar-refractivity contribution in [2.75, 3.05) is 19.6 Å². The quantitative estimate of drug-likeness (QED) is 0.838. The third kappa shape index (κ3) is 4.20. The van der Waals surface area contributed by atoms with Crippen LogP contribution in [0.2, 0.25) is 0 Å². The van der Waals surface area contributed by atoms with Crippen molar-refractivity contribution in [2.24, 2.45) is 0 Å². The molecule has 28 heavy (non-hydrogen) atoms. The fraction of sp³-hybridized carbons (Fsp3) is 0.571. The monoisotopic (exact) mass is 400 g/mol. The highest BCUT2D eigenvalue weighted by Crippen LogP contribution is 2.27. The van der Waals surface area contributed by atoms with Crippen molar-refractivity contribution in [1.29, 1.82) is 0 Å². The summed E-state index contributed by atoms with van der Waals surface area (Å²) in [4.78, 5) is 38.5. The average Bonchev–Trinajstić information content (AvgIpc) is 3.21. The second kappa shape index (κ2) is 8.57. The van der Waals surface area contributed by atoms with Gasteiger partial charge in [0.05, 0.1) is 17.8 Å². The predicted octanol–water partition coefficient (Wildman–Crippen LogP) is 2.90. The number of nitrogens with zero attached hydrogens (tertiary/aromatic N) is 3. The van der Waals surface area contributed by atoms with E-state index in [1.807, 2.05) is 6.92 Å². The Morgan fingerprint density at radius 1 is 1.39 bits per heavy atom. The Balaban J connectivity index is 1.48. The molecule has 2 aliphatic rings. The molecule has 4 heterocycles. The zero-order valence-corrected chi connectivity index (χ0v) is 17.3. The summed E-state index contributed by atoms with van der Waals surface area (Å²) in [7, 11) is 0. The topological polar surface area (TPSA) is 69.3 Å². The van der Waals surface area contributed by atoms with Crippen molar-refractivity contribution in [3.63, 3.8) is 0 Å². The number of thiophene rings is 1. The number of aromatic amines is 1. The van der Waals surface area contributed by atoms with E-state index < -0.39 is 0 Å². The molecule has 0 bridgehead atoms. The van der Waals surface area contributed by atoms with E-state index in [-0.39, 0.29) is 17.4 Å². The predicted molar refractivity (Wildman–Crippen MR) is 110 cm³/mol. The van der Waals surface area contributed by atoms with E-state index in [1.54, 1.807) is 16.2 Å². The Bertz CT molecular complexity index is 877. The van der Waals surface area contributed by atoms with Crippen LogP contribution in [-0.4, -0.2) is 45.3 Å². The lowest BCUT2D eigenvalue weighted by atomic mass is 9.96. The molecule has 150 valence electrons. The van der Waals surface area contributed by atoms with Crippen molar-refractivity contribution < 1.29 is 4.79 Å². The second-order valence-electron chi connectivity index (χ2n) is 7.85. The standard InChI is InChI=1S/C21H28N4O2S/c1-2-5-19(26)25-10-8-18-17(14-25)21(27)23-20(22-18)15-6-3-9-24(12-15)13-16-7-4-11-28-16/h4,7,11,15H,2-3,5-6,8-10,12-14H2,1H3,(H,22,23,27)/t15-/m0/s1. The van der Waals surface area contributed by atoms with E-state index in [9.17, 15) is 9.59 Å². The summed E-state index contributed by atoms with van der Waals surface area (Å²) in [6.45, 7) is 6.06. The maximum Gasteiger partial charge on any atom is 0.256 e. The molecule has 7 heteroatoms. The number of fused-ring (bicyclic) bond motifs is 1. The molecular formula is C21H28N4O2S. The normalized spacial score (nSPS) is 20.2. The van der Waals surface area contributed by atoms with Gasteiger partial charge in [0.15, 0.2) is 0 Å². The van der Waals surface area contributed by atoms with Crippen molar-refractivity contribution in [3.05, 3.63) is 49.8 Å². The maximum atomic E-state index is 12.7. The van der Waals surface area contributed by atoms with Gasteiger partial charge in [0, 0.05) is 43.3 Å². The van der Waals surface area contributed by atoms with E-state index in [1.165, 1.54) is 4.88 Å². The van der Waals surface area contributed by atoms with Crippen LogP contribution < -0.4 is 5.56 Å². The molecule has 0 radical (unpaired) electrons. The van der Waals surface area contributed by atoms with Crippen LogP contribution in [0.5, 0.6) is 0 Å². The molecule has 0 aliphatic carbocycles. The van der Waals surface area contributed by atoms with Crippen LogP contribution in [0.15, 0.2) is 22.3 Å². The number of hydrogen-bond donors (Lipinski definition) is 1. The molecule has 0 saturated carbocycles. The highest BCUT2D eigenvalue weighted by Gasteiger charge is 2.28. The molecule has 2 aromatic heterocycles. The second-order valence-corrected chi connectivity index (χ2v) is 8.88. The van der Waals surface area contributed by atoms with Gasteiger partial charge in [-0.05, 0) is 37.3 Å². The van der Waals surface area contributed by atoms with E-state index in [0.717, 1.165) is 50.4 Å². The molecule has 1 fully saturated rings. The molecule has 1 amide bonds. The first kappa shape index (κ1) is 19.3. The minimum atomic E-state index is -0.0654. The van der Waals surface area contributed by atoms with E-state index >= 15 is 0 Å². The minimum absolute atomic E-state index is 0.0654. The molecule has 4 rings (SSSR count). The van der Waals surface area contributed by atoms with E-state index in [4.69, 9.17) is 4.98 Å². The Labute approximate surface area is 169 Å². The van der Waals surface area contributed by atoms with Crippen LogP contribution in [0.4, 0.5) is 0 Å². The number of H-pyrrole nitrogens is 1. The van der Waals surface area contributed by atoms with Crippen molar-refractivity contribution >= 4 is 17.2 Å². The molecule has 1 N–H and O–H groups in total. The minimum Gasteiger partial charge on any atom is -0.338 e. The fourth-order valence-corrected chi connectivity index (χ4v) is 5.01. The van der Waals surface area contributed by atoms with Gasteiger partial charge in [-0.1, -0.05) is 13.0 Å². The van der Waals surface area contributed by atoms with Crippen LogP contribution in [-0.2, 0) is 24.3 Å². The number of nitrogens with one attached hydrogen (secondary N) is 1. The molecule has 6 nitrogen and oxygen atoms in total. The van der Waals surface area contributed by atoms with Gasteiger partial charge in [0.1, 0.15) is 5.82 Å². The molecule has 1 atom stereocenters. The summed E-state index contributed by atoms with van der Waals surface area (Å²) >= 11 is 1.79. The van der Waals surface area contributed by atoms with Gasteiger partial charge in [0.2, 0.25) is 5.91 Å². The molecule has 2 aliphatic heterocycles. The number of rotatable bonds is 5. The Kier molecular flexibility index (Phi) is 5.92. The number of likely N-dealkylation sites (tertiary alicyclic amines) is 1. The van der Waals surface area contributed by atoms with Crippen molar-refractivity contribution in [1.82, 2.24) is 19.8 Å². The Morgan fingerprint density at radius 2 is 2.29 bits per heavy atom. The summed E-state index contributed by atoms with van der Waals surface area (Å²) in [5.41, 5.74) is 1.49. The van der Waals surface area contributed by atoms with Crippen molar-refractivity contribution in [3.8, 4) is 0 Å². The van der Waals surface area contributed by atoms with Gasteiger partial charge in [-0.2, -0.15) is 0 Å². The maximum absolute atomic E-state index is 12.7. The van der Waals surface area contributed by atoms with Gasteiger partial charge in [0.25, 0.3) is 5.56 Å². The first-order chi connectivity index (χ1) is 13.6. The average molecular weight is 401 g/mol. The summed E-state index contributed by atoms with van der Waals surface area (Å²) in [5.74, 6) is 1.23. The van der Waals surface area contributed by atoms with Gasteiger partial charge < -0.3 is 9.88 Å². The number of piperidine rings is 1. The lowest BCUT2D eigenvalue weighted by molar-refractivity contribution is -0.132. The lowest BCUT2D eigenvalue weighted by Gasteiger charge is -2.33. The van der Waals surface area contributed by atoms with Gasteiger partial charge >= 0.3 is 0 Å².